The molecule has 0 saturated carbocycles. The number of rotatable bonds is 10. The molecule has 11 heteroatoms. The molecule has 0 aliphatic rings. The first-order valence-corrected chi connectivity index (χ1v) is 15.1. The lowest BCUT2D eigenvalue weighted by Crippen LogP contribution is -2.38. The number of methoxy groups -OCH3 is 1. The molecule has 0 aromatic heterocycles. The molecule has 0 saturated heterocycles. The summed E-state index contributed by atoms with van der Waals surface area (Å²) in [6.07, 6.45) is 0. The summed E-state index contributed by atoms with van der Waals surface area (Å²) in [5.74, 6) is -0.191. The molecule has 208 valence electrons. The Kier molecular flexibility index (Phi) is 8.46. The van der Waals surface area contributed by atoms with Crippen LogP contribution >= 0.6 is 0 Å². The third kappa shape index (κ3) is 6.44. The van der Waals surface area contributed by atoms with Crippen LogP contribution in [0.5, 0.6) is 5.75 Å². The number of nitrogens with one attached hydrogen (secondary N) is 2. The molecule has 0 radical (unpaired) electrons. The van der Waals surface area contributed by atoms with E-state index >= 15 is 0 Å². The minimum atomic E-state index is -4.10. The minimum absolute atomic E-state index is 0.0119. The van der Waals surface area contributed by atoms with Gasteiger partial charge in [-0.1, -0.05) is 42.5 Å². The molecule has 0 heterocycles. The minimum Gasteiger partial charge on any atom is -0.497 e. The van der Waals surface area contributed by atoms with Gasteiger partial charge in [0.2, 0.25) is 5.91 Å². The van der Waals surface area contributed by atoms with Crippen LogP contribution in [0.15, 0.2) is 107 Å². The molecule has 0 aliphatic heterocycles. The number of carbonyl (C=O) groups excluding carboxylic acids is 1. The van der Waals surface area contributed by atoms with Gasteiger partial charge >= 0.3 is 0 Å². The second kappa shape index (κ2) is 11.8. The van der Waals surface area contributed by atoms with Gasteiger partial charge in [0.15, 0.2) is 0 Å². The second-order valence-electron chi connectivity index (χ2n) is 8.97. The fourth-order valence-corrected chi connectivity index (χ4v) is 6.65. The molecule has 4 rings (SSSR count). The van der Waals surface area contributed by atoms with Crippen LogP contribution in [-0.4, -0.2) is 36.4 Å². The number of aryl methyl sites for hydroxylation is 2. The number of hydrogen-bond acceptors (Lipinski definition) is 6. The van der Waals surface area contributed by atoms with Crippen LogP contribution in [0.3, 0.4) is 0 Å². The van der Waals surface area contributed by atoms with Crippen molar-refractivity contribution in [3.05, 3.63) is 108 Å². The summed E-state index contributed by atoms with van der Waals surface area (Å²) in [4.78, 5) is 13.1. The lowest BCUT2D eigenvalue weighted by atomic mass is 10.1. The quantitative estimate of drug-likeness (QED) is 0.274. The highest BCUT2D eigenvalue weighted by Crippen LogP contribution is 2.28. The first-order chi connectivity index (χ1) is 19.0. The lowest BCUT2D eigenvalue weighted by Gasteiger charge is -2.24. The van der Waals surface area contributed by atoms with Crippen LogP contribution in [0.1, 0.15) is 11.1 Å². The van der Waals surface area contributed by atoms with E-state index in [1.807, 2.05) is 32.0 Å². The summed E-state index contributed by atoms with van der Waals surface area (Å²) in [6.45, 7) is 3.10. The zero-order chi connectivity index (χ0) is 28.9. The predicted molar refractivity (Wildman–Crippen MR) is 156 cm³/mol. The van der Waals surface area contributed by atoms with Gasteiger partial charge in [-0.15, -0.1) is 0 Å². The molecule has 0 bridgehead atoms. The Morgan fingerprint density at radius 1 is 0.775 bits per heavy atom. The van der Waals surface area contributed by atoms with Gasteiger partial charge in [-0.25, -0.2) is 16.8 Å². The summed E-state index contributed by atoms with van der Waals surface area (Å²) < 4.78 is 61.8. The van der Waals surface area contributed by atoms with Gasteiger partial charge in [-0.3, -0.25) is 13.8 Å². The van der Waals surface area contributed by atoms with Gasteiger partial charge in [0.1, 0.15) is 12.3 Å². The fraction of sp³-hybridized carbons (Fsp3) is 0.138. The number of sulfonamides is 2. The van der Waals surface area contributed by atoms with E-state index in [4.69, 9.17) is 4.74 Å². The zero-order valence-electron chi connectivity index (χ0n) is 22.2. The molecule has 1 amide bonds. The standard InChI is InChI=1S/C29H29N3O6S2/c1-21-9-7-10-22(2)29(21)31-39(34,35)26-17-15-23(16-18-26)30-28(33)20-32(24-11-8-12-25(19-24)38-3)40(36,37)27-13-5-4-6-14-27/h4-19,31H,20H2,1-3H3,(H,30,33). The first-order valence-electron chi connectivity index (χ1n) is 12.2. The molecule has 0 spiro atoms. The SMILES string of the molecule is COc1cccc(N(CC(=O)Nc2ccc(S(=O)(=O)Nc3c(C)cccc3C)cc2)S(=O)(=O)c2ccccc2)c1. The Labute approximate surface area is 234 Å². The van der Waals surface area contributed by atoms with E-state index in [2.05, 4.69) is 10.0 Å². The number of ether oxygens (including phenoxy) is 1. The topological polar surface area (TPSA) is 122 Å². The van der Waals surface area contributed by atoms with E-state index in [-0.39, 0.29) is 15.5 Å². The molecule has 0 unspecified atom stereocenters. The summed E-state index contributed by atoms with van der Waals surface area (Å²) in [5, 5.41) is 2.65. The highest BCUT2D eigenvalue weighted by molar-refractivity contribution is 7.93. The smallest absolute Gasteiger partial charge is 0.264 e. The van der Waals surface area contributed by atoms with E-state index in [1.165, 1.54) is 49.6 Å². The van der Waals surface area contributed by atoms with Crippen molar-refractivity contribution >= 4 is 43.0 Å². The van der Waals surface area contributed by atoms with Crippen molar-refractivity contribution in [1.29, 1.82) is 0 Å². The van der Waals surface area contributed by atoms with E-state index in [1.54, 1.807) is 36.4 Å². The van der Waals surface area contributed by atoms with Crippen LogP contribution in [-0.2, 0) is 24.8 Å². The van der Waals surface area contributed by atoms with Crippen LogP contribution < -0.4 is 19.1 Å². The van der Waals surface area contributed by atoms with Crippen LogP contribution in [0.4, 0.5) is 17.1 Å². The number of para-hydroxylation sites is 1. The summed E-state index contributed by atoms with van der Waals surface area (Å²) in [6, 6.07) is 25.3. The number of hydrogen-bond donors (Lipinski definition) is 2. The Morgan fingerprint density at radius 3 is 2.02 bits per heavy atom. The molecule has 4 aromatic rings. The average Bonchev–Trinajstić information content (AvgIpc) is 2.94. The van der Waals surface area contributed by atoms with Gasteiger partial charge in [-0.2, -0.15) is 0 Å². The Balaban J connectivity index is 1.55. The van der Waals surface area contributed by atoms with Crippen molar-refractivity contribution < 1.29 is 26.4 Å². The summed E-state index contributed by atoms with van der Waals surface area (Å²) in [5.41, 5.74) is 2.64. The van der Waals surface area contributed by atoms with Crippen molar-refractivity contribution in [2.45, 2.75) is 23.6 Å². The Hall–Kier alpha value is -4.35. The third-order valence-corrected chi connectivity index (χ3v) is 9.28. The molecular weight excluding hydrogens is 550 g/mol. The predicted octanol–water partition coefficient (Wildman–Crippen LogP) is 4.95. The summed E-state index contributed by atoms with van der Waals surface area (Å²) in [7, 11) is -6.52. The van der Waals surface area contributed by atoms with E-state index < -0.39 is 32.5 Å². The van der Waals surface area contributed by atoms with Crippen molar-refractivity contribution in [2.75, 3.05) is 28.0 Å². The number of benzene rings is 4. The van der Waals surface area contributed by atoms with Crippen LogP contribution in [0, 0.1) is 13.8 Å². The molecule has 40 heavy (non-hydrogen) atoms. The second-order valence-corrected chi connectivity index (χ2v) is 12.5. The number of amides is 1. The number of nitrogens with zero attached hydrogens (tertiary/aromatic N) is 1. The van der Waals surface area contributed by atoms with E-state index in [0.29, 0.717) is 17.1 Å². The molecule has 0 atom stereocenters. The van der Waals surface area contributed by atoms with Crippen LogP contribution in [0.25, 0.3) is 0 Å². The molecule has 2 N–H and O–H groups in total. The molecule has 4 aromatic carbocycles. The van der Waals surface area contributed by atoms with E-state index in [0.717, 1.165) is 15.4 Å². The van der Waals surface area contributed by atoms with Gasteiger partial charge in [0, 0.05) is 11.8 Å². The maximum atomic E-state index is 13.5. The first kappa shape index (κ1) is 28.7. The number of anilines is 3. The fourth-order valence-electron chi connectivity index (χ4n) is 4.02. The largest absolute Gasteiger partial charge is 0.497 e. The van der Waals surface area contributed by atoms with E-state index in [9.17, 15) is 21.6 Å². The molecule has 0 fully saturated rings. The van der Waals surface area contributed by atoms with Crippen molar-refractivity contribution in [1.82, 2.24) is 0 Å². The van der Waals surface area contributed by atoms with Gasteiger partial charge in [0.25, 0.3) is 20.0 Å². The van der Waals surface area contributed by atoms with Gasteiger partial charge in [0.05, 0.1) is 28.3 Å². The highest BCUT2D eigenvalue weighted by Gasteiger charge is 2.27. The lowest BCUT2D eigenvalue weighted by molar-refractivity contribution is -0.114. The maximum Gasteiger partial charge on any atom is 0.264 e. The Morgan fingerprint density at radius 2 is 1.40 bits per heavy atom. The van der Waals surface area contributed by atoms with Gasteiger partial charge < -0.3 is 10.1 Å². The monoisotopic (exact) mass is 579 g/mol. The molecule has 9 nitrogen and oxygen atoms in total. The normalized spacial score (nSPS) is 11.5. The highest BCUT2D eigenvalue weighted by atomic mass is 32.2. The maximum absolute atomic E-state index is 13.5. The Bertz CT molecular complexity index is 1700. The van der Waals surface area contributed by atoms with Crippen molar-refractivity contribution in [3.63, 3.8) is 0 Å². The van der Waals surface area contributed by atoms with Gasteiger partial charge in [-0.05, 0) is 73.5 Å². The van der Waals surface area contributed by atoms with Crippen LogP contribution in [0.2, 0.25) is 0 Å². The third-order valence-electron chi connectivity index (χ3n) is 6.13. The number of carbonyl (C=O) groups is 1. The average molecular weight is 580 g/mol. The summed E-state index contributed by atoms with van der Waals surface area (Å²) >= 11 is 0. The molecule has 0 aliphatic carbocycles. The zero-order valence-corrected chi connectivity index (χ0v) is 23.8. The molecular formula is C29H29N3O6S2. The van der Waals surface area contributed by atoms with Crippen molar-refractivity contribution in [2.24, 2.45) is 0 Å². The van der Waals surface area contributed by atoms with Crippen molar-refractivity contribution in [3.8, 4) is 5.75 Å².